The minimum absolute atomic E-state index is 0.0932. The fourth-order valence-corrected chi connectivity index (χ4v) is 6.18. The lowest BCUT2D eigenvalue weighted by molar-refractivity contribution is -0.384. The quantitative estimate of drug-likeness (QED) is 0.209. The Hall–Kier alpha value is -3.67. The molecule has 0 saturated heterocycles. The lowest BCUT2D eigenvalue weighted by Gasteiger charge is -2.35. The number of rotatable bonds is 11. The largest absolute Gasteiger partial charge is 0.350 e. The lowest BCUT2D eigenvalue weighted by atomic mass is 10.1. The molecule has 0 aliphatic rings. The highest BCUT2D eigenvalue weighted by Gasteiger charge is 2.35. The third kappa shape index (κ3) is 7.99. The Morgan fingerprint density at radius 2 is 1.57 bits per heavy atom. The minimum atomic E-state index is -4.39. The van der Waals surface area contributed by atoms with Gasteiger partial charge in [-0.05, 0) is 57.5 Å². The molecular weight excluding hydrogens is 603 g/mol. The summed E-state index contributed by atoms with van der Waals surface area (Å²) >= 11 is 12.8. The van der Waals surface area contributed by atoms with Crippen molar-refractivity contribution in [3.05, 3.63) is 98.5 Å². The molecule has 224 valence electrons. The van der Waals surface area contributed by atoms with Crippen LogP contribution in [0.5, 0.6) is 0 Å². The molecule has 3 aromatic carbocycles. The number of nitrogens with zero attached hydrogens (tertiary/aromatic N) is 3. The van der Waals surface area contributed by atoms with Crippen molar-refractivity contribution < 1.29 is 22.9 Å². The highest BCUT2D eigenvalue weighted by Crippen LogP contribution is 2.30. The summed E-state index contributed by atoms with van der Waals surface area (Å²) in [6.45, 7) is 6.16. The molecule has 1 atom stereocenters. The van der Waals surface area contributed by atoms with E-state index in [4.69, 9.17) is 23.2 Å². The second-order valence-corrected chi connectivity index (χ2v) is 13.2. The zero-order valence-electron chi connectivity index (χ0n) is 23.6. The number of non-ortho nitro benzene ring substituents is 1. The number of nitro groups is 1. The maximum atomic E-state index is 14.1. The van der Waals surface area contributed by atoms with Crippen molar-refractivity contribution in [2.75, 3.05) is 10.8 Å². The molecule has 0 aliphatic heterocycles. The predicted molar refractivity (Wildman–Crippen MR) is 163 cm³/mol. The van der Waals surface area contributed by atoms with Gasteiger partial charge in [0.15, 0.2) is 0 Å². The Morgan fingerprint density at radius 1 is 0.976 bits per heavy atom. The Bertz CT molecular complexity index is 1540. The standard InChI is InChI=1S/C29H32Cl2N4O6S/c1-5-26(28(37)32-29(2,3)4)33(18-23-24(30)15-10-16-25(23)31)27(36)19-34(20-11-9-12-21(17-20)35(38)39)42(40,41)22-13-7-6-8-14-22/h6-17,26H,5,18-19H2,1-4H3,(H,32,37). The first kappa shape index (κ1) is 32.8. The van der Waals surface area contributed by atoms with Gasteiger partial charge in [-0.15, -0.1) is 0 Å². The van der Waals surface area contributed by atoms with E-state index in [0.717, 1.165) is 10.4 Å². The Labute approximate surface area is 255 Å². The number of benzene rings is 3. The van der Waals surface area contributed by atoms with Gasteiger partial charge >= 0.3 is 0 Å². The Morgan fingerprint density at radius 3 is 2.12 bits per heavy atom. The third-order valence-electron chi connectivity index (χ3n) is 6.21. The van der Waals surface area contributed by atoms with Crippen LogP contribution < -0.4 is 9.62 Å². The number of anilines is 1. The molecule has 0 aromatic heterocycles. The summed E-state index contributed by atoms with van der Waals surface area (Å²) in [7, 11) is -4.39. The number of sulfonamides is 1. The topological polar surface area (TPSA) is 130 Å². The molecule has 3 rings (SSSR count). The first-order chi connectivity index (χ1) is 19.7. The van der Waals surface area contributed by atoms with Gasteiger partial charge in [0, 0.05) is 39.8 Å². The number of nitrogens with one attached hydrogen (secondary N) is 1. The molecule has 0 heterocycles. The van der Waals surface area contributed by atoms with Gasteiger partial charge in [-0.3, -0.25) is 24.0 Å². The Kier molecular flexibility index (Phi) is 10.6. The van der Waals surface area contributed by atoms with E-state index in [-0.39, 0.29) is 39.3 Å². The molecule has 10 nitrogen and oxygen atoms in total. The number of carbonyl (C=O) groups is 2. The summed E-state index contributed by atoms with van der Waals surface area (Å²) in [6.07, 6.45) is 0.192. The van der Waals surface area contributed by atoms with Crippen LogP contribution in [0.1, 0.15) is 39.7 Å². The monoisotopic (exact) mass is 634 g/mol. The number of hydrogen-bond donors (Lipinski definition) is 1. The van der Waals surface area contributed by atoms with Gasteiger partial charge in [-0.25, -0.2) is 8.42 Å². The van der Waals surface area contributed by atoms with Crippen LogP contribution in [0.3, 0.4) is 0 Å². The van der Waals surface area contributed by atoms with E-state index >= 15 is 0 Å². The summed E-state index contributed by atoms with van der Waals surface area (Å²) in [5.41, 5.74) is -0.690. The van der Waals surface area contributed by atoms with Crippen LogP contribution in [-0.4, -0.2) is 48.2 Å². The molecule has 2 amide bonds. The molecular formula is C29H32Cl2N4O6S. The molecule has 0 aliphatic carbocycles. The van der Waals surface area contributed by atoms with Crippen molar-refractivity contribution in [3.8, 4) is 0 Å². The van der Waals surface area contributed by atoms with Gasteiger partial charge < -0.3 is 10.2 Å². The number of hydrogen-bond acceptors (Lipinski definition) is 6. The van der Waals surface area contributed by atoms with Crippen molar-refractivity contribution in [1.29, 1.82) is 0 Å². The molecule has 0 bridgehead atoms. The van der Waals surface area contributed by atoms with Crippen molar-refractivity contribution >= 4 is 56.4 Å². The molecule has 1 unspecified atom stereocenters. The van der Waals surface area contributed by atoms with Crippen molar-refractivity contribution in [2.24, 2.45) is 0 Å². The van der Waals surface area contributed by atoms with Crippen molar-refractivity contribution in [3.63, 3.8) is 0 Å². The summed E-state index contributed by atoms with van der Waals surface area (Å²) < 4.78 is 28.5. The second-order valence-electron chi connectivity index (χ2n) is 10.5. The summed E-state index contributed by atoms with van der Waals surface area (Å²) in [6, 6.07) is 16.2. The molecule has 0 saturated carbocycles. The zero-order chi connectivity index (χ0) is 31.2. The first-order valence-electron chi connectivity index (χ1n) is 13.0. The van der Waals surface area contributed by atoms with Crippen LogP contribution in [0.15, 0.2) is 77.7 Å². The van der Waals surface area contributed by atoms with E-state index in [2.05, 4.69) is 5.32 Å². The molecule has 42 heavy (non-hydrogen) atoms. The van der Waals surface area contributed by atoms with Crippen LogP contribution in [0.4, 0.5) is 11.4 Å². The number of halogens is 2. The van der Waals surface area contributed by atoms with Gasteiger partial charge in [0.1, 0.15) is 12.6 Å². The fraction of sp³-hybridized carbons (Fsp3) is 0.310. The number of nitro benzene ring substituents is 1. The van der Waals surface area contributed by atoms with Gasteiger partial charge in [-0.2, -0.15) is 0 Å². The van der Waals surface area contributed by atoms with E-state index in [1.54, 1.807) is 52.0 Å². The molecule has 13 heteroatoms. The third-order valence-corrected chi connectivity index (χ3v) is 8.71. The highest BCUT2D eigenvalue weighted by atomic mass is 35.5. The van der Waals surface area contributed by atoms with E-state index in [1.165, 1.54) is 47.4 Å². The SMILES string of the molecule is CCC(C(=O)NC(C)(C)C)N(Cc1c(Cl)cccc1Cl)C(=O)CN(c1cccc([N+](=O)[O-])c1)S(=O)(=O)c1ccccc1. The molecule has 0 radical (unpaired) electrons. The second kappa shape index (κ2) is 13.5. The number of amides is 2. The zero-order valence-corrected chi connectivity index (χ0v) is 25.9. The Balaban J connectivity index is 2.15. The number of carbonyl (C=O) groups excluding carboxylic acids is 2. The van der Waals surface area contributed by atoms with Crippen LogP contribution in [0.2, 0.25) is 10.0 Å². The highest BCUT2D eigenvalue weighted by molar-refractivity contribution is 7.92. The van der Waals surface area contributed by atoms with Gasteiger partial charge in [0.25, 0.3) is 15.7 Å². The van der Waals surface area contributed by atoms with Crippen LogP contribution >= 0.6 is 23.2 Å². The average molecular weight is 636 g/mol. The fourth-order valence-electron chi connectivity index (χ4n) is 4.24. The van der Waals surface area contributed by atoms with Crippen LogP contribution in [0, 0.1) is 10.1 Å². The average Bonchev–Trinajstić information content (AvgIpc) is 2.92. The molecule has 0 spiro atoms. The summed E-state index contributed by atoms with van der Waals surface area (Å²) in [4.78, 5) is 39.5. The molecule has 1 N–H and O–H groups in total. The normalized spacial score (nSPS) is 12.3. The van der Waals surface area contributed by atoms with Gasteiger partial charge in [0.05, 0.1) is 15.5 Å². The van der Waals surface area contributed by atoms with Crippen LogP contribution in [0.25, 0.3) is 0 Å². The van der Waals surface area contributed by atoms with Gasteiger partial charge in [-0.1, -0.05) is 60.5 Å². The summed E-state index contributed by atoms with van der Waals surface area (Å²) in [5.74, 6) is -1.19. The summed E-state index contributed by atoms with van der Waals surface area (Å²) in [5, 5.41) is 14.9. The lowest BCUT2D eigenvalue weighted by Crippen LogP contribution is -2.55. The van der Waals surface area contributed by atoms with Crippen molar-refractivity contribution in [2.45, 2.75) is 57.1 Å². The van der Waals surface area contributed by atoms with E-state index < -0.39 is 44.9 Å². The smallest absolute Gasteiger partial charge is 0.271 e. The van der Waals surface area contributed by atoms with Gasteiger partial charge in [0.2, 0.25) is 11.8 Å². The maximum Gasteiger partial charge on any atom is 0.271 e. The molecule has 3 aromatic rings. The van der Waals surface area contributed by atoms with E-state index in [9.17, 15) is 28.1 Å². The van der Waals surface area contributed by atoms with Crippen molar-refractivity contribution in [1.82, 2.24) is 10.2 Å². The maximum absolute atomic E-state index is 14.1. The predicted octanol–water partition coefficient (Wildman–Crippen LogP) is 5.82. The van der Waals surface area contributed by atoms with E-state index in [1.807, 2.05) is 0 Å². The van der Waals surface area contributed by atoms with Crippen LogP contribution in [-0.2, 0) is 26.2 Å². The molecule has 0 fully saturated rings. The first-order valence-corrected chi connectivity index (χ1v) is 15.2. The minimum Gasteiger partial charge on any atom is -0.350 e. The van der Waals surface area contributed by atoms with E-state index in [0.29, 0.717) is 5.56 Å².